The van der Waals surface area contributed by atoms with E-state index in [-0.39, 0.29) is 0 Å². The van der Waals surface area contributed by atoms with Gasteiger partial charge in [-0.2, -0.15) is 0 Å². The highest BCUT2D eigenvalue weighted by Gasteiger charge is 2.05. The first-order chi connectivity index (χ1) is 6.72. The first kappa shape index (κ1) is 8.77. The number of rotatable bonds is 1. The monoisotopic (exact) mass is 190 g/mol. The van der Waals surface area contributed by atoms with Crippen LogP contribution in [0.4, 0.5) is 0 Å². The van der Waals surface area contributed by atoms with Crippen LogP contribution in [0.3, 0.4) is 0 Å². The SMILES string of the molecule is Cn1ccc2cc(C(=O)NO)ccc21. The molecule has 0 atom stereocenters. The lowest BCUT2D eigenvalue weighted by Crippen LogP contribution is -2.18. The van der Waals surface area contributed by atoms with Crippen LogP contribution < -0.4 is 5.48 Å². The number of carbonyl (C=O) groups is 1. The molecule has 0 saturated carbocycles. The number of carbonyl (C=O) groups excluding carboxylic acids is 1. The van der Waals surface area contributed by atoms with Gasteiger partial charge in [0.15, 0.2) is 0 Å². The summed E-state index contributed by atoms with van der Waals surface area (Å²) in [5.74, 6) is -0.490. The second kappa shape index (κ2) is 3.16. The average Bonchev–Trinajstić information content (AvgIpc) is 2.59. The van der Waals surface area contributed by atoms with Crippen LogP contribution in [-0.2, 0) is 7.05 Å². The van der Waals surface area contributed by atoms with Gasteiger partial charge < -0.3 is 4.57 Å². The third kappa shape index (κ3) is 1.25. The van der Waals surface area contributed by atoms with Gasteiger partial charge in [-0.25, -0.2) is 5.48 Å². The average molecular weight is 190 g/mol. The van der Waals surface area contributed by atoms with Crippen molar-refractivity contribution in [3.63, 3.8) is 0 Å². The largest absolute Gasteiger partial charge is 0.351 e. The van der Waals surface area contributed by atoms with Crippen LogP contribution in [0.2, 0.25) is 0 Å². The third-order valence-electron chi connectivity index (χ3n) is 2.25. The normalized spacial score (nSPS) is 10.4. The van der Waals surface area contributed by atoms with Crippen LogP contribution in [0, 0.1) is 0 Å². The summed E-state index contributed by atoms with van der Waals surface area (Å²) in [4.78, 5) is 11.1. The summed E-state index contributed by atoms with van der Waals surface area (Å²) in [5, 5.41) is 9.44. The Kier molecular flexibility index (Phi) is 1.98. The lowest BCUT2D eigenvalue weighted by molar-refractivity contribution is 0.0706. The summed E-state index contributed by atoms with van der Waals surface area (Å²) >= 11 is 0. The van der Waals surface area contributed by atoms with Gasteiger partial charge >= 0.3 is 0 Å². The van der Waals surface area contributed by atoms with Crippen molar-refractivity contribution < 1.29 is 10.0 Å². The van der Waals surface area contributed by atoms with Crippen molar-refractivity contribution in [3.8, 4) is 0 Å². The predicted molar refractivity (Wildman–Crippen MR) is 52.2 cm³/mol. The van der Waals surface area contributed by atoms with E-state index in [2.05, 4.69) is 0 Å². The van der Waals surface area contributed by atoms with E-state index in [1.54, 1.807) is 17.6 Å². The van der Waals surface area contributed by atoms with Gasteiger partial charge in [0, 0.05) is 29.7 Å². The zero-order valence-corrected chi connectivity index (χ0v) is 7.69. The van der Waals surface area contributed by atoms with Crippen LogP contribution in [0.15, 0.2) is 30.5 Å². The molecule has 0 spiro atoms. The van der Waals surface area contributed by atoms with Crippen molar-refractivity contribution in [2.75, 3.05) is 0 Å². The lowest BCUT2D eigenvalue weighted by atomic mass is 10.1. The number of nitrogens with one attached hydrogen (secondary N) is 1. The molecule has 0 aliphatic heterocycles. The van der Waals surface area contributed by atoms with Crippen LogP contribution >= 0.6 is 0 Å². The molecule has 0 fully saturated rings. The molecule has 0 aliphatic rings. The van der Waals surface area contributed by atoms with Gasteiger partial charge in [-0.3, -0.25) is 10.0 Å². The molecule has 2 rings (SSSR count). The van der Waals surface area contributed by atoms with E-state index in [0.717, 1.165) is 10.9 Å². The number of benzene rings is 1. The Morgan fingerprint density at radius 2 is 2.21 bits per heavy atom. The molecular formula is C10H10N2O2. The van der Waals surface area contributed by atoms with Gasteiger partial charge in [-0.05, 0) is 24.3 Å². The Hall–Kier alpha value is -1.81. The maximum absolute atomic E-state index is 11.1. The molecule has 1 amide bonds. The number of hydrogen-bond donors (Lipinski definition) is 2. The fourth-order valence-electron chi connectivity index (χ4n) is 1.49. The first-order valence-electron chi connectivity index (χ1n) is 4.22. The second-order valence-corrected chi connectivity index (χ2v) is 3.14. The number of hydrogen-bond acceptors (Lipinski definition) is 2. The summed E-state index contributed by atoms with van der Waals surface area (Å²) in [7, 11) is 1.94. The highest BCUT2D eigenvalue weighted by molar-refractivity contribution is 5.97. The molecule has 4 nitrogen and oxygen atoms in total. The Balaban J connectivity index is 2.57. The summed E-state index contributed by atoms with van der Waals surface area (Å²) in [5.41, 5.74) is 3.11. The minimum absolute atomic E-state index is 0.450. The number of aromatic nitrogens is 1. The van der Waals surface area contributed by atoms with Crippen LogP contribution in [-0.4, -0.2) is 15.7 Å². The maximum Gasteiger partial charge on any atom is 0.274 e. The topological polar surface area (TPSA) is 54.3 Å². The zero-order chi connectivity index (χ0) is 10.1. The fraction of sp³-hybridized carbons (Fsp3) is 0.100. The van der Waals surface area contributed by atoms with Crippen molar-refractivity contribution in [3.05, 3.63) is 36.0 Å². The molecule has 2 aromatic rings. The van der Waals surface area contributed by atoms with Gasteiger partial charge in [0.1, 0.15) is 0 Å². The van der Waals surface area contributed by atoms with Crippen LogP contribution in [0.1, 0.15) is 10.4 Å². The molecule has 72 valence electrons. The second-order valence-electron chi connectivity index (χ2n) is 3.14. The first-order valence-corrected chi connectivity index (χ1v) is 4.22. The molecule has 0 bridgehead atoms. The van der Waals surface area contributed by atoms with Crippen molar-refractivity contribution in [2.24, 2.45) is 7.05 Å². The highest BCUT2D eigenvalue weighted by atomic mass is 16.5. The molecule has 4 heteroatoms. The Labute approximate surface area is 80.7 Å². The fourth-order valence-corrected chi connectivity index (χ4v) is 1.49. The highest BCUT2D eigenvalue weighted by Crippen LogP contribution is 2.16. The van der Waals surface area contributed by atoms with E-state index in [0.29, 0.717) is 5.56 Å². The molecule has 14 heavy (non-hydrogen) atoms. The van der Waals surface area contributed by atoms with Crippen molar-refractivity contribution in [1.29, 1.82) is 0 Å². The Morgan fingerprint density at radius 3 is 2.93 bits per heavy atom. The van der Waals surface area contributed by atoms with E-state index >= 15 is 0 Å². The van der Waals surface area contributed by atoms with Gasteiger partial charge in [-0.1, -0.05) is 0 Å². The third-order valence-corrected chi connectivity index (χ3v) is 2.25. The number of amides is 1. The number of nitrogens with zero attached hydrogens (tertiary/aromatic N) is 1. The number of fused-ring (bicyclic) bond motifs is 1. The van der Waals surface area contributed by atoms with Gasteiger partial charge in [-0.15, -0.1) is 0 Å². The molecule has 0 saturated heterocycles. The van der Waals surface area contributed by atoms with Crippen molar-refractivity contribution in [1.82, 2.24) is 10.0 Å². The molecule has 1 heterocycles. The molecule has 0 radical (unpaired) electrons. The van der Waals surface area contributed by atoms with Crippen LogP contribution in [0.5, 0.6) is 0 Å². The van der Waals surface area contributed by atoms with E-state index in [9.17, 15) is 4.79 Å². The van der Waals surface area contributed by atoms with E-state index in [4.69, 9.17) is 5.21 Å². The summed E-state index contributed by atoms with van der Waals surface area (Å²) in [6, 6.07) is 7.18. The van der Waals surface area contributed by atoms with E-state index in [1.165, 1.54) is 0 Å². The van der Waals surface area contributed by atoms with Crippen molar-refractivity contribution >= 4 is 16.8 Å². The Morgan fingerprint density at radius 1 is 1.43 bits per heavy atom. The quantitative estimate of drug-likeness (QED) is 0.526. The number of aryl methyl sites for hydroxylation is 1. The molecule has 0 aliphatic carbocycles. The smallest absolute Gasteiger partial charge is 0.274 e. The van der Waals surface area contributed by atoms with Crippen LogP contribution in [0.25, 0.3) is 10.9 Å². The van der Waals surface area contributed by atoms with Gasteiger partial charge in [0.05, 0.1) is 0 Å². The minimum Gasteiger partial charge on any atom is -0.351 e. The molecular weight excluding hydrogens is 180 g/mol. The number of hydroxylamine groups is 1. The molecule has 0 unspecified atom stereocenters. The summed E-state index contributed by atoms with van der Waals surface area (Å²) < 4.78 is 1.97. The van der Waals surface area contributed by atoms with E-state index in [1.807, 2.05) is 29.9 Å². The standard InChI is InChI=1S/C10H10N2O2/c1-12-5-4-7-6-8(10(13)11-14)2-3-9(7)12/h2-6,14H,1H3,(H,11,13). The van der Waals surface area contributed by atoms with E-state index < -0.39 is 5.91 Å². The zero-order valence-electron chi connectivity index (χ0n) is 7.69. The maximum atomic E-state index is 11.1. The minimum atomic E-state index is -0.490. The van der Waals surface area contributed by atoms with Crippen molar-refractivity contribution in [2.45, 2.75) is 0 Å². The molecule has 2 N–H and O–H groups in total. The lowest BCUT2D eigenvalue weighted by Gasteiger charge is -2.00. The Bertz CT molecular complexity index is 488. The van der Waals surface area contributed by atoms with Gasteiger partial charge in [0.25, 0.3) is 5.91 Å². The predicted octanol–water partition coefficient (Wildman–Crippen LogP) is 1.30. The summed E-state index contributed by atoms with van der Waals surface area (Å²) in [6.07, 6.45) is 1.92. The van der Waals surface area contributed by atoms with Gasteiger partial charge in [0.2, 0.25) is 0 Å². The molecule has 1 aromatic carbocycles. The summed E-state index contributed by atoms with van der Waals surface area (Å²) in [6.45, 7) is 0. The molecule has 1 aromatic heterocycles.